The third-order valence-corrected chi connectivity index (χ3v) is 3.06. The zero-order valence-corrected chi connectivity index (χ0v) is 15.4. The number of halogens is 4. The zero-order chi connectivity index (χ0) is 20.8. The molecule has 1 unspecified atom stereocenters. The van der Waals surface area contributed by atoms with Gasteiger partial charge in [-0.1, -0.05) is 0 Å². The molecule has 0 aromatic heterocycles. The van der Waals surface area contributed by atoms with Crippen LogP contribution in [0.25, 0.3) is 0 Å². The second kappa shape index (κ2) is 9.03. The minimum Gasteiger partial charge on any atom is -0.483 e. The maximum absolute atomic E-state index is 13.5. The molecule has 1 aromatic rings. The van der Waals surface area contributed by atoms with Crippen LogP contribution in [-0.2, 0) is 9.53 Å². The molecule has 152 valence electrons. The number of hydrogen-bond donors (Lipinski definition) is 2. The zero-order valence-electron chi connectivity index (χ0n) is 15.4. The number of carbonyl (C=O) groups is 2. The molecule has 0 spiro atoms. The molecule has 0 aliphatic heterocycles. The lowest BCUT2D eigenvalue weighted by Crippen LogP contribution is -2.51. The van der Waals surface area contributed by atoms with Crippen molar-refractivity contribution in [3.8, 4) is 5.75 Å². The topological polar surface area (TPSA) is 76.7 Å². The number of rotatable bonds is 7. The van der Waals surface area contributed by atoms with Crippen LogP contribution >= 0.6 is 0 Å². The summed E-state index contributed by atoms with van der Waals surface area (Å²) >= 11 is 0. The van der Waals surface area contributed by atoms with Crippen LogP contribution in [0.3, 0.4) is 0 Å². The van der Waals surface area contributed by atoms with Gasteiger partial charge in [0.15, 0.2) is 6.61 Å². The van der Waals surface area contributed by atoms with Gasteiger partial charge in [-0.05, 0) is 46.0 Å². The SMILES string of the molecule is CNCC(NC(=O)COc1ccc(F)cc1C(=O)OC(C)(C)C)C(F)(F)F. The molecule has 6 nitrogen and oxygen atoms in total. The Hall–Kier alpha value is -2.36. The van der Waals surface area contributed by atoms with E-state index in [9.17, 15) is 27.2 Å². The third kappa shape index (κ3) is 7.81. The van der Waals surface area contributed by atoms with Crippen LogP contribution < -0.4 is 15.4 Å². The summed E-state index contributed by atoms with van der Waals surface area (Å²) in [5.74, 6) is -2.86. The summed E-state index contributed by atoms with van der Waals surface area (Å²) in [7, 11) is 1.31. The number of ether oxygens (including phenoxy) is 2. The van der Waals surface area contributed by atoms with Crippen molar-refractivity contribution < 1.29 is 36.6 Å². The second-order valence-corrected chi connectivity index (χ2v) is 6.65. The Morgan fingerprint density at radius 2 is 1.81 bits per heavy atom. The molecule has 0 saturated carbocycles. The van der Waals surface area contributed by atoms with E-state index < -0.39 is 48.7 Å². The van der Waals surface area contributed by atoms with Crippen molar-refractivity contribution in [2.75, 3.05) is 20.2 Å². The van der Waals surface area contributed by atoms with Gasteiger partial charge in [-0.2, -0.15) is 13.2 Å². The molecule has 1 rings (SSSR count). The summed E-state index contributed by atoms with van der Waals surface area (Å²) < 4.78 is 62.1. The molecule has 0 fully saturated rings. The highest BCUT2D eigenvalue weighted by molar-refractivity contribution is 5.93. The summed E-state index contributed by atoms with van der Waals surface area (Å²) in [6.07, 6.45) is -4.64. The monoisotopic (exact) mass is 394 g/mol. The maximum atomic E-state index is 13.5. The van der Waals surface area contributed by atoms with Crippen LogP contribution in [-0.4, -0.2) is 49.9 Å². The highest BCUT2D eigenvalue weighted by Gasteiger charge is 2.40. The predicted molar refractivity (Wildman–Crippen MR) is 89.0 cm³/mol. The molecule has 2 N–H and O–H groups in total. The first-order valence-corrected chi connectivity index (χ1v) is 8.00. The van der Waals surface area contributed by atoms with E-state index in [2.05, 4.69) is 5.32 Å². The van der Waals surface area contributed by atoms with Gasteiger partial charge in [0.05, 0.1) is 0 Å². The van der Waals surface area contributed by atoms with E-state index in [0.29, 0.717) is 0 Å². The first-order chi connectivity index (χ1) is 12.3. The van der Waals surface area contributed by atoms with Crippen molar-refractivity contribution in [1.82, 2.24) is 10.6 Å². The predicted octanol–water partition coefficient (Wildman–Crippen LogP) is 2.43. The van der Waals surface area contributed by atoms with Crippen molar-refractivity contribution >= 4 is 11.9 Å². The number of esters is 1. The lowest BCUT2D eigenvalue weighted by molar-refractivity contribution is -0.161. The van der Waals surface area contributed by atoms with Gasteiger partial charge in [0.1, 0.15) is 28.8 Å². The summed E-state index contributed by atoms with van der Waals surface area (Å²) in [6.45, 7) is 3.51. The minimum absolute atomic E-state index is 0.182. The van der Waals surface area contributed by atoms with E-state index in [1.807, 2.05) is 0 Å². The molecule has 0 aliphatic carbocycles. The van der Waals surface area contributed by atoms with Gasteiger partial charge in [0.25, 0.3) is 5.91 Å². The van der Waals surface area contributed by atoms with Gasteiger partial charge >= 0.3 is 12.1 Å². The Morgan fingerprint density at radius 1 is 1.19 bits per heavy atom. The molecule has 1 aromatic carbocycles. The van der Waals surface area contributed by atoms with Gasteiger partial charge in [0.2, 0.25) is 0 Å². The quantitative estimate of drug-likeness (QED) is 0.549. The summed E-state index contributed by atoms with van der Waals surface area (Å²) in [4.78, 5) is 23.9. The van der Waals surface area contributed by atoms with Crippen molar-refractivity contribution in [2.24, 2.45) is 0 Å². The molecule has 1 atom stereocenters. The van der Waals surface area contributed by atoms with Crippen LogP contribution in [0, 0.1) is 5.82 Å². The van der Waals surface area contributed by atoms with Gasteiger partial charge < -0.3 is 20.1 Å². The molecule has 0 aliphatic rings. The van der Waals surface area contributed by atoms with Gasteiger partial charge in [-0.3, -0.25) is 4.79 Å². The second-order valence-electron chi connectivity index (χ2n) is 6.65. The average molecular weight is 394 g/mol. The molecule has 10 heteroatoms. The molecular weight excluding hydrogens is 372 g/mol. The summed E-state index contributed by atoms with van der Waals surface area (Å²) in [6, 6.07) is 0.843. The Morgan fingerprint density at radius 3 is 2.33 bits per heavy atom. The number of alkyl halides is 3. The van der Waals surface area contributed by atoms with Crippen LogP contribution in [0.1, 0.15) is 31.1 Å². The largest absolute Gasteiger partial charge is 0.483 e. The van der Waals surface area contributed by atoms with Crippen LogP contribution in [0.2, 0.25) is 0 Å². The minimum atomic E-state index is -4.64. The van der Waals surface area contributed by atoms with E-state index >= 15 is 0 Å². The van der Waals surface area contributed by atoms with Crippen LogP contribution in [0.4, 0.5) is 17.6 Å². The van der Waals surface area contributed by atoms with E-state index in [1.54, 1.807) is 26.1 Å². The van der Waals surface area contributed by atoms with Crippen molar-refractivity contribution in [3.05, 3.63) is 29.6 Å². The fraction of sp³-hybridized carbons (Fsp3) is 0.529. The van der Waals surface area contributed by atoms with Crippen LogP contribution in [0.5, 0.6) is 5.75 Å². The first kappa shape index (κ1) is 22.7. The molecular formula is C17H22F4N2O4. The average Bonchev–Trinajstić information content (AvgIpc) is 2.50. The van der Waals surface area contributed by atoms with E-state index in [0.717, 1.165) is 18.2 Å². The van der Waals surface area contributed by atoms with E-state index in [-0.39, 0.29) is 11.3 Å². The van der Waals surface area contributed by atoms with Crippen molar-refractivity contribution in [1.29, 1.82) is 0 Å². The van der Waals surface area contributed by atoms with Crippen molar-refractivity contribution in [3.63, 3.8) is 0 Å². The third-order valence-electron chi connectivity index (χ3n) is 3.06. The Labute approximate surface area is 154 Å². The molecule has 1 amide bonds. The summed E-state index contributed by atoms with van der Waals surface area (Å²) in [5.41, 5.74) is -1.13. The van der Waals surface area contributed by atoms with Crippen LogP contribution in [0.15, 0.2) is 18.2 Å². The molecule has 27 heavy (non-hydrogen) atoms. The number of nitrogens with one attached hydrogen (secondary N) is 2. The summed E-state index contributed by atoms with van der Waals surface area (Å²) in [5, 5.41) is 4.11. The molecule has 0 saturated heterocycles. The standard InChI is InChI=1S/C17H22F4N2O4/c1-16(2,3)27-15(25)11-7-10(18)5-6-12(11)26-9-14(24)23-13(8-22-4)17(19,20)21/h5-7,13,22H,8-9H2,1-4H3,(H,23,24). The van der Waals surface area contributed by atoms with Gasteiger partial charge in [-0.25, -0.2) is 9.18 Å². The fourth-order valence-electron chi connectivity index (χ4n) is 1.95. The number of likely N-dealkylation sites (N-methyl/N-ethyl adjacent to an activating group) is 1. The lowest BCUT2D eigenvalue weighted by atomic mass is 10.1. The molecule has 0 heterocycles. The maximum Gasteiger partial charge on any atom is 0.409 e. The van der Waals surface area contributed by atoms with E-state index in [4.69, 9.17) is 9.47 Å². The number of amides is 1. The molecule has 0 radical (unpaired) electrons. The number of benzene rings is 1. The normalized spacial score (nSPS) is 13.0. The van der Waals surface area contributed by atoms with Gasteiger partial charge in [-0.15, -0.1) is 0 Å². The fourth-order valence-corrected chi connectivity index (χ4v) is 1.95. The Balaban J connectivity index is 2.84. The number of carbonyl (C=O) groups excluding carboxylic acids is 2. The van der Waals surface area contributed by atoms with Crippen molar-refractivity contribution in [2.45, 2.75) is 38.6 Å². The molecule has 0 bridgehead atoms. The first-order valence-electron chi connectivity index (χ1n) is 8.00. The van der Waals surface area contributed by atoms with E-state index in [1.165, 1.54) is 7.05 Å². The Bertz CT molecular complexity index is 672. The lowest BCUT2D eigenvalue weighted by Gasteiger charge is -2.22. The highest BCUT2D eigenvalue weighted by atomic mass is 19.4. The highest BCUT2D eigenvalue weighted by Crippen LogP contribution is 2.23. The smallest absolute Gasteiger partial charge is 0.409 e. The Kier molecular flexibility index (Phi) is 7.58. The number of hydrogen-bond acceptors (Lipinski definition) is 5. The van der Waals surface area contributed by atoms with Gasteiger partial charge in [0, 0.05) is 6.54 Å².